The summed E-state index contributed by atoms with van der Waals surface area (Å²) in [6.45, 7) is 0. The Kier molecular flexibility index (Phi) is 14.9. The van der Waals surface area contributed by atoms with E-state index in [2.05, 4.69) is 0 Å². The summed E-state index contributed by atoms with van der Waals surface area (Å²) < 4.78 is 316. The molecule has 6 rings (SSSR count). The van der Waals surface area contributed by atoms with Gasteiger partial charge < -0.3 is 0 Å². The van der Waals surface area contributed by atoms with Crippen molar-refractivity contribution in [1.82, 2.24) is 0 Å². The molecule has 321 valence electrons. The Bertz CT molecular complexity index is 2080. The molecular weight excluding hydrogens is 899 g/mol. The SMILES string of the molecule is Fc1cc(F)c(F)c(-c2c(F)c(F)cc(F)c2F)c1F.Fc1cc(F)c(F)c(-c2c(F)c(F)cc(F)c2F)c1F.Fc1cc(F)c(F)c(-c2c(F)c(F)cc(F)c2F)c1F.[B]. The predicted octanol–water partition coefficient (Wildman–Crippen LogP) is 13.0. The van der Waals surface area contributed by atoms with Gasteiger partial charge in [-0.25, -0.2) is 105 Å². The monoisotopic (exact) mass is 905 g/mol. The molecule has 25 heteroatoms. The van der Waals surface area contributed by atoms with Crippen LogP contribution in [0.1, 0.15) is 0 Å². The molecule has 6 aromatic carbocycles. The van der Waals surface area contributed by atoms with Crippen LogP contribution in [0.25, 0.3) is 33.4 Å². The minimum Gasteiger partial charge on any atom is -0.204 e. The van der Waals surface area contributed by atoms with E-state index >= 15 is 0 Å². The van der Waals surface area contributed by atoms with Gasteiger partial charge in [0, 0.05) is 44.8 Å². The summed E-state index contributed by atoms with van der Waals surface area (Å²) in [5.74, 6) is -49.7. The van der Waals surface area contributed by atoms with E-state index in [1.54, 1.807) is 0 Å². The summed E-state index contributed by atoms with van der Waals surface area (Å²) in [7, 11) is 0. The lowest BCUT2D eigenvalue weighted by Gasteiger charge is -2.10. The van der Waals surface area contributed by atoms with E-state index in [1.807, 2.05) is 0 Å². The van der Waals surface area contributed by atoms with Crippen molar-refractivity contribution in [2.24, 2.45) is 0 Å². The number of benzene rings is 6. The van der Waals surface area contributed by atoms with Crippen molar-refractivity contribution in [3.8, 4) is 33.4 Å². The van der Waals surface area contributed by atoms with E-state index in [0.29, 0.717) is 0 Å². The molecule has 0 nitrogen and oxygen atoms in total. The minimum absolute atomic E-state index is 0. The lowest BCUT2D eigenvalue weighted by atomic mass is 10.0. The Morgan fingerprint density at radius 3 is 0.279 bits per heavy atom. The van der Waals surface area contributed by atoms with Crippen molar-refractivity contribution in [2.45, 2.75) is 0 Å². The summed E-state index contributed by atoms with van der Waals surface area (Å²) >= 11 is 0. The largest absolute Gasteiger partial charge is 0.204 e. The second-order valence-electron chi connectivity index (χ2n) is 11.1. The van der Waals surface area contributed by atoms with Crippen LogP contribution in [0.2, 0.25) is 0 Å². The van der Waals surface area contributed by atoms with E-state index in [-0.39, 0.29) is 44.8 Å². The molecule has 0 spiro atoms. The highest BCUT2D eigenvalue weighted by Crippen LogP contribution is 2.38. The highest BCUT2D eigenvalue weighted by Gasteiger charge is 2.32. The standard InChI is InChI=1S/3C12H2F8.B/c3*13-3-1-4(14)10(18)7(9(3)17)8-11(19)5(15)2-6(16)12(8)20;/h3*1-2H;. The van der Waals surface area contributed by atoms with E-state index < -0.39 is 173 Å². The Morgan fingerprint density at radius 1 is 0.148 bits per heavy atom. The van der Waals surface area contributed by atoms with Crippen molar-refractivity contribution in [1.29, 1.82) is 0 Å². The van der Waals surface area contributed by atoms with Crippen LogP contribution in [-0.2, 0) is 0 Å². The number of rotatable bonds is 3. The summed E-state index contributed by atoms with van der Waals surface area (Å²) in [5, 5.41) is 0. The average molecular weight is 905 g/mol. The van der Waals surface area contributed by atoms with Gasteiger partial charge in [0.15, 0.2) is 140 Å². The maximum atomic E-state index is 13.4. The number of halogens is 24. The van der Waals surface area contributed by atoms with Crippen molar-refractivity contribution in [2.75, 3.05) is 0 Å². The molecule has 0 aliphatic carbocycles. The lowest BCUT2D eigenvalue weighted by Crippen LogP contribution is -2.05. The molecule has 0 aromatic heterocycles. The van der Waals surface area contributed by atoms with Gasteiger partial charge in [-0.1, -0.05) is 0 Å². The van der Waals surface area contributed by atoms with Crippen LogP contribution in [0.3, 0.4) is 0 Å². The Labute approximate surface area is 323 Å². The van der Waals surface area contributed by atoms with E-state index in [9.17, 15) is 105 Å². The average Bonchev–Trinajstić information content (AvgIpc) is 3.17. The van der Waals surface area contributed by atoms with Crippen molar-refractivity contribution >= 4 is 8.41 Å². The van der Waals surface area contributed by atoms with Gasteiger partial charge in [0.05, 0.1) is 33.4 Å². The van der Waals surface area contributed by atoms with Gasteiger partial charge in [0.2, 0.25) is 0 Å². The topological polar surface area (TPSA) is 0 Å². The molecule has 61 heavy (non-hydrogen) atoms. The molecule has 0 saturated heterocycles. The van der Waals surface area contributed by atoms with Crippen LogP contribution in [-0.4, -0.2) is 8.41 Å². The highest BCUT2D eigenvalue weighted by atomic mass is 19.2. The first-order valence-electron chi connectivity index (χ1n) is 14.7. The molecule has 0 aliphatic heterocycles. The molecule has 0 unspecified atom stereocenters. The van der Waals surface area contributed by atoms with Gasteiger partial charge in [-0.15, -0.1) is 0 Å². The second kappa shape index (κ2) is 18.5. The van der Waals surface area contributed by atoms with E-state index in [1.165, 1.54) is 0 Å². The van der Waals surface area contributed by atoms with Crippen LogP contribution in [0, 0.1) is 140 Å². The molecular formula is C36H6BF24. The zero-order valence-corrected chi connectivity index (χ0v) is 28.1. The third kappa shape index (κ3) is 9.09. The lowest BCUT2D eigenvalue weighted by molar-refractivity contribution is 0.441. The Morgan fingerprint density at radius 2 is 0.213 bits per heavy atom. The predicted molar refractivity (Wildman–Crippen MR) is 160 cm³/mol. The summed E-state index contributed by atoms with van der Waals surface area (Å²) in [5.41, 5.74) is -11.2. The first kappa shape index (κ1) is 49.1. The third-order valence-corrected chi connectivity index (χ3v) is 7.42. The van der Waals surface area contributed by atoms with E-state index in [4.69, 9.17) is 0 Å². The van der Waals surface area contributed by atoms with Crippen molar-refractivity contribution in [3.05, 3.63) is 176 Å². The molecule has 0 saturated carbocycles. The molecule has 0 heterocycles. The Hall–Kier alpha value is -6.30. The fourth-order valence-corrected chi connectivity index (χ4v) is 4.76. The van der Waals surface area contributed by atoms with Gasteiger partial charge in [0.25, 0.3) is 0 Å². The van der Waals surface area contributed by atoms with Gasteiger partial charge in [-0.3, -0.25) is 0 Å². The summed E-state index contributed by atoms with van der Waals surface area (Å²) in [4.78, 5) is 0. The first-order valence-corrected chi connectivity index (χ1v) is 14.7. The van der Waals surface area contributed by atoms with Crippen LogP contribution in [0.15, 0.2) is 36.4 Å². The van der Waals surface area contributed by atoms with Gasteiger partial charge in [-0.2, -0.15) is 0 Å². The highest BCUT2D eigenvalue weighted by molar-refractivity contribution is 5.75. The zero-order chi connectivity index (χ0) is 45.6. The summed E-state index contributed by atoms with van der Waals surface area (Å²) in [6, 6.07) is -1.25. The van der Waals surface area contributed by atoms with Gasteiger partial charge >= 0.3 is 0 Å². The smallest absolute Gasteiger partial charge is 0.170 e. The first-order chi connectivity index (χ1) is 27.8. The minimum atomic E-state index is -2.17. The fraction of sp³-hybridized carbons (Fsp3) is 0. The van der Waals surface area contributed by atoms with E-state index in [0.717, 1.165) is 0 Å². The maximum absolute atomic E-state index is 13.4. The summed E-state index contributed by atoms with van der Waals surface area (Å²) in [6.07, 6.45) is 0. The zero-order valence-electron chi connectivity index (χ0n) is 28.1. The normalized spacial score (nSPS) is 10.8. The van der Waals surface area contributed by atoms with Crippen molar-refractivity contribution < 1.29 is 105 Å². The fourth-order valence-electron chi connectivity index (χ4n) is 4.76. The quantitative estimate of drug-likeness (QED) is 0.0943. The van der Waals surface area contributed by atoms with Crippen molar-refractivity contribution in [3.63, 3.8) is 0 Å². The Balaban J connectivity index is 0.000000242. The van der Waals surface area contributed by atoms with Crippen LogP contribution >= 0.6 is 0 Å². The van der Waals surface area contributed by atoms with Gasteiger partial charge in [-0.05, 0) is 0 Å². The van der Waals surface area contributed by atoms with Crippen LogP contribution in [0.4, 0.5) is 105 Å². The molecule has 3 radical (unpaired) electrons. The molecule has 0 N–H and O–H groups in total. The van der Waals surface area contributed by atoms with Crippen LogP contribution in [0.5, 0.6) is 0 Å². The van der Waals surface area contributed by atoms with Gasteiger partial charge in [0.1, 0.15) is 0 Å². The molecule has 0 bridgehead atoms. The third-order valence-electron chi connectivity index (χ3n) is 7.42. The van der Waals surface area contributed by atoms with Crippen LogP contribution < -0.4 is 0 Å². The molecule has 0 fully saturated rings. The molecule has 6 aromatic rings. The number of hydrogen-bond acceptors (Lipinski definition) is 0. The maximum Gasteiger partial charge on any atom is 0.170 e. The number of hydrogen-bond donors (Lipinski definition) is 0. The molecule has 0 amide bonds. The second-order valence-corrected chi connectivity index (χ2v) is 11.1. The molecule has 0 aliphatic rings. The molecule has 0 atom stereocenters.